The summed E-state index contributed by atoms with van der Waals surface area (Å²) in [6.45, 7) is 8.21. The van der Waals surface area contributed by atoms with Crippen molar-refractivity contribution in [3.8, 4) is 22.8 Å². The van der Waals surface area contributed by atoms with Gasteiger partial charge in [-0.05, 0) is 43.9 Å². The molecule has 0 spiro atoms. The fraction of sp³-hybridized carbons (Fsp3) is 0.240. The molecule has 0 radical (unpaired) electrons. The molecule has 0 aliphatic carbocycles. The van der Waals surface area contributed by atoms with Crippen LogP contribution in [0, 0.1) is 0 Å². The van der Waals surface area contributed by atoms with Crippen molar-refractivity contribution in [3.05, 3.63) is 73.1 Å². The molecule has 1 aliphatic rings. The Morgan fingerprint density at radius 1 is 0.677 bits per heavy atom. The lowest BCUT2D eigenvalue weighted by molar-refractivity contribution is 0.00578. The van der Waals surface area contributed by atoms with Crippen molar-refractivity contribution in [2.45, 2.75) is 38.9 Å². The third-order valence-electron chi connectivity index (χ3n) is 6.31. The van der Waals surface area contributed by atoms with Crippen LogP contribution in [-0.4, -0.2) is 33.3 Å². The Morgan fingerprint density at radius 3 is 2.03 bits per heavy atom. The summed E-state index contributed by atoms with van der Waals surface area (Å²) in [5.74, 6) is 1.24. The summed E-state index contributed by atoms with van der Waals surface area (Å²) in [5, 5.41) is 2.26. The van der Waals surface area contributed by atoms with Crippen molar-refractivity contribution >= 4 is 23.4 Å². The second-order valence-corrected chi connectivity index (χ2v) is 8.83. The topological polar surface area (TPSA) is 57.1 Å². The molecule has 0 amide bonds. The van der Waals surface area contributed by atoms with Crippen LogP contribution in [0.4, 0.5) is 0 Å². The number of aromatic nitrogens is 3. The molecule has 0 bridgehead atoms. The molecule has 6 heteroatoms. The molecular formula is C25H24BN3O2. The second-order valence-electron chi connectivity index (χ2n) is 8.83. The number of hydrogen-bond acceptors (Lipinski definition) is 5. The summed E-state index contributed by atoms with van der Waals surface area (Å²) in [6.07, 6.45) is 1.57. The van der Waals surface area contributed by atoms with Gasteiger partial charge in [-0.25, -0.2) is 15.0 Å². The molecule has 4 aromatic rings. The molecule has 1 fully saturated rings. The van der Waals surface area contributed by atoms with Gasteiger partial charge in [-0.3, -0.25) is 0 Å². The first-order chi connectivity index (χ1) is 14.9. The van der Waals surface area contributed by atoms with Crippen molar-refractivity contribution in [1.82, 2.24) is 15.0 Å². The third-order valence-corrected chi connectivity index (χ3v) is 6.31. The first-order valence-electron chi connectivity index (χ1n) is 10.5. The van der Waals surface area contributed by atoms with Gasteiger partial charge in [0.1, 0.15) is 6.33 Å². The van der Waals surface area contributed by atoms with Crippen LogP contribution in [0.3, 0.4) is 0 Å². The molecule has 31 heavy (non-hydrogen) atoms. The van der Waals surface area contributed by atoms with Gasteiger partial charge in [0.15, 0.2) is 11.6 Å². The van der Waals surface area contributed by atoms with E-state index in [1.807, 2.05) is 48.5 Å². The highest BCUT2D eigenvalue weighted by atomic mass is 16.7. The van der Waals surface area contributed by atoms with E-state index >= 15 is 0 Å². The zero-order chi connectivity index (χ0) is 21.6. The first kappa shape index (κ1) is 19.9. The standard InChI is InChI=1S/C25H24BN3O2/c1-24(2)25(3,4)31-26(30-24)21-15-8-7-13-20(21)23-28-16-27-22(29-23)19-14-9-11-17-10-5-6-12-18(17)19/h5-16H,1-4H3. The van der Waals surface area contributed by atoms with Gasteiger partial charge in [-0.15, -0.1) is 0 Å². The van der Waals surface area contributed by atoms with E-state index < -0.39 is 18.3 Å². The number of fused-ring (bicyclic) bond motifs is 1. The van der Waals surface area contributed by atoms with Crippen LogP contribution < -0.4 is 5.46 Å². The monoisotopic (exact) mass is 409 g/mol. The zero-order valence-electron chi connectivity index (χ0n) is 18.2. The predicted octanol–water partition coefficient (Wildman–Crippen LogP) is 4.66. The Hall–Kier alpha value is -3.09. The summed E-state index contributed by atoms with van der Waals surface area (Å²) in [7, 11) is -0.487. The summed E-state index contributed by atoms with van der Waals surface area (Å²) >= 11 is 0. The minimum Gasteiger partial charge on any atom is -0.399 e. The van der Waals surface area contributed by atoms with Gasteiger partial charge in [0, 0.05) is 11.1 Å². The largest absolute Gasteiger partial charge is 0.495 e. The summed E-state index contributed by atoms with van der Waals surface area (Å²) < 4.78 is 12.6. The number of rotatable bonds is 3. The zero-order valence-corrected chi connectivity index (χ0v) is 18.2. The number of benzene rings is 3. The van der Waals surface area contributed by atoms with Gasteiger partial charge in [-0.2, -0.15) is 0 Å². The van der Waals surface area contributed by atoms with Gasteiger partial charge in [0.05, 0.1) is 11.2 Å². The molecule has 1 saturated heterocycles. The van der Waals surface area contributed by atoms with E-state index in [0.29, 0.717) is 11.6 Å². The molecule has 1 aromatic heterocycles. The van der Waals surface area contributed by atoms with E-state index in [1.54, 1.807) is 6.33 Å². The average Bonchev–Trinajstić information content (AvgIpc) is 3.00. The van der Waals surface area contributed by atoms with E-state index in [1.165, 1.54) is 0 Å². The second kappa shape index (κ2) is 7.25. The molecule has 1 aliphatic heterocycles. The lowest BCUT2D eigenvalue weighted by Gasteiger charge is -2.32. The smallest absolute Gasteiger partial charge is 0.399 e. The lowest BCUT2D eigenvalue weighted by atomic mass is 9.75. The predicted molar refractivity (Wildman–Crippen MR) is 124 cm³/mol. The van der Waals surface area contributed by atoms with Crippen molar-refractivity contribution < 1.29 is 9.31 Å². The van der Waals surface area contributed by atoms with Crippen molar-refractivity contribution in [3.63, 3.8) is 0 Å². The Morgan fingerprint density at radius 2 is 1.26 bits per heavy atom. The molecular weight excluding hydrogens is 385 g/mol. The van der Waals surface area contributed by atoms with Crippen molar-refractivity contribution in [2.75, 3.05) is 0 Å². The summed E-state index contributed by atoms with van der Waals surface area (Å²) in [4.78, 5) is 13.8. The van der Waals surface area contributed by atoms with E-state index in [2.05, 4.69) is 55.9 Å². The fourth-order valence-electron chi connectivity index (χ4n) is 3.85. The summed E-state index contributed by atoms with van der Waals surface area (Å²) in [5.41, 5.74) is 1.94. The molecule has 0 saturated carbocycles. The van der Waals surface area contributed by atoms with Gasteiger partial charge in [0.2, 0.25) is 0 Å². The van der Waals surface area contributed by atoms with E-state index in [0.717, 1.165) is 27.4 Å². The van der Waals surface area contributed by atoms with Gasteiger partial charge in [0.25, 0.3) is 0 Å². The first-order valence-corrected chi connectivity index (χ1v) is 10.5. The quantitative estimate of drug-likeness (QED) is 0.461. The van der Waals surface area contributed by atoms with Crippen LogP contribution in [0.2, 0.25) is 0 Å². The average molecular weight is 409 g/mol. The van der Waals surface area contributed by atoms with Crippen LogP contribution in [-0.2, 0) is 9.31 Å². The molecule has 5 nitrogen and oxygen atoms in total. The highest BCUT2D eigenvalue weighted by Gasteiger charge is 2.52. The lowest BCUT2D eigenvalue weighted by Crippen LogP contribution is -2.41. The van der Waals surface area contributed by atoms with Crippen molar-refractivity contribution in [1.29, 1.82) is 0 Å². The molecule has 3 aromatic carbocycles. The van der Waals surface area contributed by atoms with E-state index in [4.69, 9.17) is 14.3 Å². The SMILES string of the molecule is CC1(C)OB(c2ccccc2-c2ncnc(-c3cccc4ccccc34)n2)OC1(C)C. The Kier molecular flexibility index (Phi) is 4.65. The normalized spacial score (nSPS) is 17.2. The Labute approximate surface area is 182 Å². The Bertz CT molecular complexity index is 1250. The van der Waals surface area contributed by atoms with Crippen LogP contribution >= 0.6 is 0 Å². The van der Waals surface area contributed by atoms with E-state index in [9.17, 15) is 0 Å². The van der Waals surface area contributed by atoms with Crippen LogP contribution in [0.25, 0.3) is 33.5 Å². The Balaban J connectivity index is 1.59. The van der Waals surface area contributed by atoms with Crippen LogP contribution in [0.15, 0.2) is 73.1 Å². The van der Waals surface area contributed by atoms with E-state index in [-0.39, 0.29) is 0 Å². The maximum atomic E-state index is 6.29. The molecule has 2 heterocycles. The van der Waals surface area contributed by atoms with Crippen LogP contribution in [0.5, 0.6) is 0 Å². The number of hydrogen-bond donors (Lipinski definition) is 0. The highest BCUT2D eigenvalue weighted by molar-refractivity contribution is 6.63. The minimum absolute atomic E-state index is 0.419. The maximum Gasteiger partial charge on any atom is 0.495 e. The van der Waals surface area contributed by atoms with Crippen molar-refractivity contribution in [2.24, 2.45) is 0 Å². The summed E-state index contributed by atoms with van der Waals surface area (Å²) in [6, 6.07) is 22.4. The molecule has 5 rings (SSSR count). The van der Waals surface area contributed by atoms with Gasteiger partial charge < -0.3 is 9.31 Å². The van der Waals surface area contributed by atoms with Gasteiger partial charge in [-0.1, -0.05) is 66.7 Å². The third kappa shape index (κ3) is 3.42. The molecule has 154 valence electrons. The minimum atomic E-state index is -0.487. The maximum absolute atomic E-state index is 6.29. The fourth-order valence-corrected chi connectivity index (χ4v) is 3.85. The number of nitrogens with zero attached hydrogens (tertiary/aromatic N) is 3. The molecule has 0 N–H and O–H groups in total. The highest BCUT2D eigenvalue weighted by Crippen LogP contribution is 2.37. The van der Waals surface area contributed by atoms with Gasteiger partial charge >= 0.3 is 7.12 Å². The van der Waals surface area contributed by atoms with Crippen LogP contribution in [0.1, 0.15) is 27.7 Å². The molecule has 0 unspecified atom stereocenters. The molecule has 0 atom stereocenters.